The van der Waals surface area contributed by atoms with E-state index in [0.717, 1.165) is 13.0 Å². The van der Waals surface area contributed by atoms with E-state index < -0.39 is 0 Å². The van der Waals surface area contributed by atoms with Gasteiger partial charge in [-0.3, -0.25) is 0 Å². The van der Waals surface area contributed by atoms with Crippen molar-refractivity contribution >= 4 is 11.3 Å². The summed E-state index contributed by atoms with van der Waals surface area (Å²) in [6.07, 6.45) is 2.80. The molecule has 0 fully saturated rings. The van der Waals surface area contributed by atoms with Gasteiger partial charge in [0, 0.05) is 24.0 Å². The van der Waals surface area contributed by atoms with E-state index in [1.54, 1.807) is 11.3 Å². The van der Waals surface area contributed by atoms with Crippen LogP contribution in [0.1, 0.15) is 36.0 Å². The summed E-state index contributed by atoms with van der Waals surface area (Å²) in [6, 6.07) is 9.23. The molecule has 2 aromatic rings. The third-order valence-corrected chi connectivity index (χ3v) is 3.61. The third-order valence-electron chi connectivity index (χ3n) is 2.83. The van der Waals surface area contributed by atoms with Crippen LogP contribution in [-0.2, 0) is 6.42 Å². The first kappa shape index (κ1) is 12.3. The van der Waals surface area contributed by atoms with Crippen molar-refractivity contribution < 1.29 is 0 Å². The summed E-state index contributed by atoms with van der Waals surface area (Å²) in [6.45, 7) is 5.33. The molecule has 3 heteroatoms. The van der Waals surface area contributed by atoms with Gasteiger partial charge in [-0.2, -0.15) is 0 Å². The standard InChI is InChI=1S/C14H18N2S/c1-3-15-11(2)13-6-4-12(5-7-13)10-14-16-8-9-17-14/h4-9,11,15H,3,10H2,1-2H3. The highest BCUT2D eigenvalue weighted by atomic mass is 32.1. The lowest BCUT2D eigenvalue weighted by Gasteiger charge is -2.12. The Kier molecular flexibility index (Phi) is 4.29. The van der Waals surface area contributed by atoms with E-state index in [-0.39, 0.29) is 0 Å². The first-order valence-corrected chi connectivity index (χ1v) is 6.88. The number of nitrogens with one attached hydrogen (secondary N) is 1. The van der Waals surface area contributed by atoms with Gasteiger partial charge >= 0.3 is 0 Å². The van der Waals surface area contributed by atoms with Crippen LogP contribution in [0.5, 0.6) is 0 Å². The molecule has 90 valence electrons. The fourth-order valence-corrected chi connectivity index (χ4v) is 2.51. The van der Waals surface area contributed by atoms with Crippen LogP contribution in [0.2, 0.25) is 0 Å². The van der Waals surface area contributed by atoms with Crippen molar-refractivity contribution in [1.82, 2.24) is 10.3 Å². The van der Waals surface area contributed by atoms with Crippen molar-refractivity contribution in [2.24, 2.45) is 0 Å². The van der Waals surface area contributed by atoms with Crippen molar-refractivity contribution in [2.75, 3.05) is 6.54 Å². The zero-order valence-corrected chi connectivity index (χ0v) is 11.1. The monoisotopic (exact) mass is 246 g/mol. The molecule has 0 spiro atoms. The molecular formula is C14H18N2S. The quantitative estimate of drug-likeness (QED) is 0.874. The van der Waals surface area contributed by atoms with Crippen molar-refractivity contribution in [3.63, 3.8) is 0 Å². The SMILES string of the molecule is CCNC(C)c1ccc(Cc2nccs2)cc1. The highest BCUT2D eigenvalue weighted by Crippen LogP contribution is 2.16. The number of aromatic nitrogens is 1. The molecule has 0 aliphatic heterocycles. The molecule has 0 bridgehead atoms. The third kappa shape index (κ3) is 3.38. The molecule has 0 radical (unpaired) electrons. The smallest absolute Gasteiger partial charge is 0.0968 e. The lowest BCUT2D eigenvalue weighted by Crippen LogP contribution is -2.17. The Labute approximate surface area is 107 Å². The molecule has 2 nitrogen and oxygen atoms in total. The predicted molar refractivity (Wildman–Crippen MR) is 73.5 cm³/mol. The van der Waals surface area contributed by atoms with Gasteiger partial charge in [-0.05, 0) is 24.6 Å². The number of benzene rings is 1. The molecule has 1 unspecified atom stereocenters. The van der Waals surface area contributed by atoms with Crippen molar-refractivity contribution in [2.45, 2.75) is 26.3 Å². The van der Waals surface area contributed by atoms with Gasteiger partial charge in [0.25, 0.3) is 0 Å². The van der Waals surface area contributed by atoms with Crippen molar-refractivity contribution in [1.29, 1.82) is 0 Å². The van der Waals surface area contributed by atoms with Gasteiger partial charge in [0.1, 0.15) is 0 Å². The summed E-state index contributed by atoms with van der Waals surface area (Å²) < 4.78 is 0. The Bertz CT molecular complexity index is 434. The average Bonchev–Trinajstić information content (AvgIpc) is 2.83. The van der Waals surface area contributed by atoms with Gasteiger partial charge in [-0.25, -0.2) is 4.98 Å². The second-order valence-electron chi connectivity index (χ2n) is 4.12. The van der Waals surface area contributed by atoms with Gasteiger partial charge in [0.2, 0.25) is 0 Å². The second kappa shape index (κ2) is 5.94. The molecule has 0 aliphatic rings. The van der Waals surface area contributed by atoms with E-state index in [1.807, 2.05) is 11.6 Å². The summed E-state index contributed by atoms with van der Waals surface area (Å²) >= 11 is 1.71. The van der Waals surface area contributed by atoms with E-state index in [1.165, 1.54) is 16.1 Å². The highest BCUT2D eigenvalue weighted by molar-refractivity contribution is 7.09. The lowest BCUT2D eigenvalue weighted by atomic mass is 10.0. The summed E-state index contributed by atoms with van der Waals surface area (Å²) in [7, 11) is 0. The predicted octanol–water partition coefficient (Wildman–Crippen LogP) is 3.40. The lowest BCUT2D eigenvalue weighted by molar-refractivity contribution is 0.598. The molecule has 1 aromatic heterocycles. The minimum atomic E-state index is 0.425. The Morgan fingerprint density at radius 2 is 2.06 bits per heavy atom. The molecule has 0 saturated heterocycles. The summed E-state index contributed by atoms with van der Waals surface area (Å²) in [4.78, 5) is 4.30. The van der Waals surface area contributed by atoms with Crippen LogP contribution in [-0.4, -0.2) is 11.5 Å². The molecule has 0 aliphatic carbocycles. The molecular weight excluding hydrogens is 228 g/mol. The van der Waals surface area contributed by atoms with Crippen molar-refractivity contribution in [3.05, 3.63) is 52.0 Å². The minimum absolute atomic E-state index is 0.425. The summed E-state index contributed by atoms with van der Waals surface area (Å²) in [5.74, 6) is 0. The van der Waals surface area contributed by atoms with E-state index in [4.69, 9.17) is 0 Å². The number of hydrogen-bond donors (Lipinski definition) is 1. The molecule has 17 heavy (non-hydrogen) atoms. The van der Waals surface area contributed by atoms with Crippen LogP contribution >= 0.6 is 11.3 Å². The minimum Gasteiger partial charge on any atom is -0.310 e. The normalized spacial score (nSPS) is 12.6. The topological polar surface area (TPSA) is 24.9 Å². The highest BCUT2D eigenvalue weighted by Gasteiger charge is 2.04. The maximum absolute atomic E-state index is 4.30. The summed E-state index contributed by atoms with van der Waals surface area (Å²) in [5, 5.41) is 6.62. The Morgan fingerprint density at radius 1 is 1.29 bits per heavy atom. The van der Waals surface area contributed by atoms with E-state index in [0.29, 0.717) is 6.04 Å². The number of thiazole rings is 1. The number of hydrogen-bond acceptors (Lipinski definition) is 3. The van der Waals surface area contributed by atoms with Gasteiger partial charge in [0.05, 0.1) is 5.01 Å². The number of rotatable bonds is 5. The molecule has 2 rings (SSSR count). The summed E-state index contributed by atoms with van der Waals surface area (Å²) in [5.41, 5.74) is 2.67. The van der Waals surface area contributed by atoms with Gasteiger partial charge in [0.15, 0.2) is 0 Å². The molecule has 1 aromatic carbocycles. The first-order chi connectivity index (χ1) is 8.29. The molecule has 1 atom stereocenters. The maximum Gasteiger partial charge on any atom is 0.0968 e. The fraction of sp³-hybridized carbons (Fsp3) is 0.357. The van der Waals surface area contributed by atoms with Crippen molar-refractivity contribution in [3.8, 4) is 0 Å². The Balaban J connectivity index is 2.02. The van der Waals surface area contributed by atoms with Crippen LogP contribution in [0, 0.1) is 0 Å². The Hall–Kier alpha value is -1.19. The zero-order valence-electron chi connectivity index (χ0n) is 10.3. The average molecular weight is 246 g/mol. The van der Waals surface area contributed by atoms with Crippen LogP contribution in [0.4, 0.5) is 0 Å². The van der Waals surface area contributed by atoms with Gasteiger partial charge < -0.3 is 5.32 Å². The molecule has 1 heterocycles. The van der Waals surface area contributed by atoms with E-state index >= 15 is 0 Å². The largest absolute Gasteiger partial charge is 0.310 e. The first-order valence-electron chi connectivity index (χ1n) is 6.00. The zero-order chi connectivity index (χ0) is 12.1. The maximum atomic E-state index is 4.30. The van der Waals surface area contributed by atoms with Crippen LogP contribution in [0.25, 0.3) is 0 Å². The van der Waals surface area contributed by atoms with Gasteiger partial charge in [-0.15, -0.1) is 11.3 Å². The Morgan fingerprint density at radius 3 is 2.65 bits per heavy atom. The van der Waals surface area contributed by atoms with Crippen LogP contribution in [0.15, 0.2) is 35.8 Å². The van der Waals surface area contributed by atoms with E-state index in [2.05, 4.69) is 48.4 Å². The van der Waals surface area contributed by atoms with Crippen LogP contribution < -0.4 is 5.32 Å². The molecule has 0 amide bonds. The number of nitrogens with zero attached hydrogens (tertiary/aromatic N) is 1. The van der Waals surface area contributed by atoms with Gasteiger partial charge in [-0.1, -0.05) is 31.2 Å². The van der Waals surface area contributed by atoms with Crippen LogP contribution in [0.3, 0.4) is 0 Å². The second-order valence-corrected chi connectivity index (χ2v) is 5.10. The fourth-order valence-electron chi connectivity index (χ4n) is 1.86. The molecule has 1 N–H and O–H groups in total. The van der Waals surface area contributed by atoms with E-state index in [9.17, 15) is 0 Å². The molecule has 0 saturated carbocycles.